The summed E-state index contributed by atoms with van der Waals surface area (Å²) >= 11 is 0. The van der Waals surface area contributed by atoms with Crippen molar-refractivity contribution in [1.82, 2.24) is 5.32 Å². The SMILES string of the molecule is CC(C)CCNCC(F)F. The first kappa shape index (κ1) is 9.82. The molecule has 0 fully saturated rings. The van der Waals surface area contributed by atoms with Gasteiger partial charge in [0.2, 0.25) is 0 Å². The van der Waals surface area contributed by atoms with Gasteiger partial charge in [0.05, 0.1) is 6.54 Å². The van der Waals surface area contributed by atoms with Gasteiger partial charge in [0, 0.05) is 0 Å². The van der Waals surface area contributed by atoms with E-state index in [-0.39, 0.29) is 6.54 Å². The van der Waals surface area contributed by atoms with E-state index in [0.29, 0.717) is 12.5 Å². The molecule has 10 heavy (non-hydrogen) atoms. The third kappa shape index (κ3) is 7.82. The molecule has 0 bridgehead atoms. The van der Waals surface area contributed by atoms with Crippen LogP contribution in [0.3, 0.4) is 0 Å². The van der Waals surface area contributed by atoms with Crippen molar-refractivity contribution in [2.24, 2.45) is 5.92 Å². The predicted octanol–water partition coefficient (Wildman–Crippen LogP) is 1.89. The lowest BCUT2D eigenvalue weighted by molar-refractivity contribution is 0.145. The number of hydrogen-bond acceptors (Lipinski definition) is 1. The van der Waals surface area contributed by atoms with Crippen molar-refractivity contribution in [1.29, 1.82) is 0 Å². The largest absolute Gasteiger partial charge is 0.311 e. The molecule has 0 radical (unpaired) electrons. The van der Waals surface area contributed by atoms with Crippen LogP contribution in [0.4, 0.5) is 8.78 Å². The monoisotopic (exact) mass is 151 g/mol. The van der Waals surface area contributed by atoms with Crippen LogP contribution >= 0.6 is 0 Å². The van der Waals surface area contributed by atoms with Crippen LogP contribution in [0, 0.1) is 5.92 Å². The molecular formula is C7H15F2N. The van der Waals surface area contributed by atoms with Crippen molar-refractivity contribution in [3.63, 3.8) is 0 Å². The van der Waals surface area contributed by atoms with E-state index in [1.54, 1.807) is 0 Å². The topological polar surface area (TPSA) is 12.0 Å². The normalized spacial score (nSPS) is 11.4. The van der Waals surface area contributed by atoms with Crippen LogP contribution in [0.25, 0.3) is 0 Å². The summed E-state index contributed by atoms with van der Waals surface area (Å²) in [7, 11) is 0. The Kier molecular flexibility index (Phi) is 5.49. The second-order valence-corrected chi connectivity index (χ2v) is 2.78. The third-order valence-electron chi connectivity index (χ3n) is 1.20. The molecule has 0 aliphatic carbocycles. The highest BCUT2D eigenvalue weighted by Crippen LogP contribution is 1.96. The quantitative estimate of drug-likeness (QED) is 0.591. The van der Waals surface area contributed by atoms with Gasteiger partial charge in [0.1, 0.15) is 0 Å². The summed E-state index contributed by atoms with van der Waals surface area (Å²) in [6.45, 7) is 4.67. The van der Waals surface area contributed by atoms with E-state index < -0.39 is 6.43 Å². The minimum Gasteiger partial charge on any atom is -0.311 e. The lowest BCUT2D eigenvalue weighted by Crippen LogP contribution is -2.23. The van der Waals surface area contributed by atoms with E-state index in [0.717, 1.165) is 6.42 Å². The van der Waals surface area contributed by atoms with Crippen LogP contribution in [0.1, 0.15) is 20.3 Å². The van der Waals surface area contributed by atoms with Crippen LogP contribution in [0.2, 0.25) is 0 Å². The fraction of sp³-hybridized carbons (Fsp3) is 1.00. The van der Waals surface area contributed by atoms with Gasteiger partial charge in [-0.2, -0.15) is 0 Å². The maximum absolute atomic E-state index is 11.5. The summed E-state index contributed by atoms with van der Waals surface area (Å²) in [4.78, 5) is 0. The smallest absolute Gasteiger partial charge is 0.250 e. The number of hydrogen-bond donors (Lipinski definition) is 1. The molecule has 0 heterocycles. The molecule has 0 amide bonds. The van der Waals surface area contributed by atoms with Gasteiger partial charge in [-0.15, -0.1) is 0 Å². The molecule has 0 aliphatic heterocycles. The fourth-order valence-corrected chi connectivity index (χ4v) is 0.602. The van der Waals surface area contributed by atoms with E-state index in [2.05, 4.69) is 19.2 Å². The summed E-state index contributed by atoms with van der Waals surface area (Å²) in [6.07, 6.45) is -1.25. The molecular weight excluding hydrogens is 136 g/mol. The van der Waals surface area contributed by atoms with Gasteiger partial charge in [-0.1, -0.05) is 13.8 Å². The van der Waals surface area contributed by atoms with Gasteiger partial charge in [-0.3, -0.25) is 0 Å². The molecule has 1 nitrogen and oxygen atoms in total. The van der Waals surface area contributed by atoms with Crippen molar-refractivity contribution in [3.05, 3.63) is 0 Å². The number of nitrogens with one attached hydrogen (secondary N) is 1. The molecule has 0 saturated carbocycles. The standard InChI is InChI=1S/C7H15F2N/c1-6(2)3-4-10-5-7(8)9/h6-7,10H,3-5H2,1-2H3. The highest BCUT2D eigenvalue weighted by molar-refractivity contribution is 4.51. The van der Waals surface area contributed by atoms with Gasteiger partial charge < -0.3 is 5.32 Å². The summed E-state index contributed by atoms with van der Waals surface area (Å²) in [5.74, 6) is 0.588. The Morgan fingerprint density at radius 2 is 1.90 bits per heavy atom. The molecule has 0 aliphatic rings. The van der Waals surface area contributed by atoms with E-state index in [1.165, 1.54) is 0 Å². The number of rotatable bonds is 5. The number of alkyl halides is 2. The van der Waals surface area contributed by atoms with Gasteiger partial charge in [-0.25, -0.2) is 8.78 Å². The van der Waals surface area contributed by atoms with Crippen molar-refractivity contribution in [2.75, 3.05) is 13.1 Å². The first-order valence-electron chi connectivity index (χ1n) is 3.61. The summed E-state index contributed by atoms with van der Waals surface area (Å²) < 4.78 is 23.0. The summed E-state index contributed by atoms with van der Waals surface area (Å²) in [5, 5.41) is 2.67. The maximum atomic E-state index is 11.5. The zero-order valence-corrected chi connectivity index (χ0v) is 6.53. The first-order chi connectivity index (χ1) is 4.63. The van der Waals surface area contributed by atoms with Crippen molar-refractivity contribution in [2.45, 2.75) is 26.7 Å². The Balaban J connectivity index is 2.91. The molecule has 0 aromatic carbocycles. The highest BCUT2D eigenvalue weighted by atomic mass is 19.3. The van der Waals surface area contributed by atoms with E-state index >= 15 is 0 Å². The van der Waals surface area contributed by atoms with E-state index in [4.69, 9.17) is 0 Å². The zero-order chi connectivity index (χ0) is 7.98. The Morgan fingerprint density at radius 1 is 1.30 bits per heavy atom. The second kappa shape index (κ2) is 5.59. The fourth-order valence-electron chi connectivity index (χ4n) is 0.602. The Hall–Kier alpha value is -0.180. The third-order valence-corrected chi connectivity index (χ3v) is 1.20. The Labute approximate surface area is 60.8 Å². The van der Waals surface area contributed by atoms with Gasteiger partial charge in [0.25, 0.3) is 6.43 Å². The molecule has 62 valence electrons. The molecule has 0 spiro atoms. The predicted molar refractivity (Wildman–Crippen MR) is 38.3 cm³/mol. The molecule has 1 N–H and O–H groups in total. The highest BCUT2D eigenvalue weighted by Gasteiger charge is 2.00. The minimum absolute atomic E-state index is 0.174. The summed E-state index contributed by atoms with van der Waals surface area (Å²) in [6, 6.07) is 0. The average molecular weight is 151 g/mol. The summed E-state index contributed by atoms with van der Waals surface area (Å²) in [5.41, 5.74) is 0. The molecule has 0 aromatic rings. The van der Waals surface area contributed by atoms with Crippen LogP contribution in [0.5, 0.6) is 0 Å². The molecule has 0 atom stereocenters. The van der Waals surface area contributed by atoms with Crippen LogP contribution in [0.15, 0.2) is 0 Å². The van der Waals surface area contributed by atoms with Crippen LogP contribution in [-0.2, 0) is 0 Å². The lowest BCUT2D eigenvalue weighted by Gasteiger charge is -2.05. The number of halogens is 2. The van der Waals surface area contributed by atoms with Crippen LogP contribution < -0.4 is 5.32 Å². The lowest BCUT2D eigenvalue weighted by atomic mass is 10.1. The minimum atomic E-state index is -2.22. The molecule has 0 saturated heterocycles. The molecule has 0 unspecified atom stereocenters. The van der Waals surface area contributed by atoms with E-state index in [1.807, 2.05) is 0 Å². The van der Waals surface area contributed by atoms with E-state index in [9.17, 15) is 8.78 Å². The maximum Gasteiger partial charge on any atom is 0.250 e. The van der Waals surface area contributed by atoms with Gasteiger partial charge in [-0.05, 0) is 18.9 Å². The molecule has 3 heteroatoms. The molecule has 0 rings (SSSR count). The zero-order valence-electron chi connectivity index (χ0n) is 6.53. The van der Waals surface area contributed by atoms with Crippen molar-refractivity contribution < 1.29 is 8.78 Å². The second-order valence-electron chi connectivity index (χ2n) is 2.78. The molecule has 0 aromatic heterocycles. The van der Waals surface area contributed by atoms with Gasteiger partial charge >= 0.3 is 0 Å². The van der Waals surface area contributed by atoms with Gasteiger partial charge in [0.15, 0.2) is 0 Å². The average Bonchev–Trinajstić information content (AvgIpc) is 1.79. The van der Waals surface area contributed by atoms with Crippen molar-refractivity contribution in [3.8, 4) is 0 Å². The Morgan fingerprint density at radius 3 is 2.30 bits per heavy atom. The van der Waals surface area contributed by atoms with Crippen LogP contribution in [-0.4, -0.2) is 19.5 Å². The Bertz CT molecular complexity index is 64.0. The van der Waals surface area contributed by atoms with Crippen molar-refractivity contribution >= 4 is 0 Å². The first-order valence-corrected chi connectivity index (χ1v) is 3.61.